The molecule has 3 N–H and O–H groups in total. The van der Waals surface area contributed by atoms with Gasteiger partial charge in [-0.25, -0.2) is 4.79 Å². The smallest absolute Gasteiger partial charge is 0.300 e. The molecule has 18 heavy (non-hydrogen) atoms. The van der Waals surface area contributed by atoms with E-state index in [9.17, 15) is 9.59 Å². The van der Waals surface area contributed by atoms with Gasteiger partial charge in [0.25, 0.3) is 0 Å². The standard InChI is InChI=1S/C11H9ClN4O2/c12-6-3-1-5(2-4-6)8-7-9(16-15-8)13-11(18)14-10(7)17/h1-4,7-8,15H,(H2,13,14,16,17,18). The number of nitrogens with zero attached hydrogens (tertiary/aromatic N) is 1. The fourth-order valence-corrected chi connectivity index (χ4v) is 2.22. The summed E-state index contributed by atoms with van der Waals surface area (Å²) in [7, 11) is 0. The summed E-state index contributed by atoms with van der Waals surface area (Å²) < 4.78 is 0. The Morgan fingerprint density at radius 3 is 2.56 bits per heavy atom. The number of halogens is 1. The molecule has 7 heteroatoms. The minimum absolute atomic E-state index is 0.294. The number of hydrogen-bond donors (Lipinski definition) is 3. The predicted molar refractivity (Wildman–Crippen MR) is 64.9 cm³/mol. The maximum absolute atomic E-state index is 11.8. The molecule has 1 fully saturated rings. The highest BCUT2D eigenvalue weighted by molar-refractivity contribution is 6.30. The minimum Gasteiger partial charge on any atom is -0.300 e. The first-order valence-electron chi connectivity index (χ1n) is 5.35. The first-order chi connectivity index (χ1) is 8.65. The van der Waals surface area contributed by atoms with Gasteiger partial charge in [0.1, 0.15) is 11.8 Å². The van der Waals surface area contributed by atoms with Crippen LogP contribution in [0.1, 0.15) is 11.6 Å². The second-order valence-electron chi connectivity index (χ2n) is 4.08. The highest BCUT2D eigenvalue weighted by Gasteiger charge is 2.42. The summed E-state index contributed by atoms with van der Waals surface area (Å²) in [5.74, 6) is -0.532. The maximum Gasteiger partial charge on any atom is 0.326 e. The van der Waals surface area contributed by atoms with Gasteiger partial charge in [0.2, 0.25) is 5.91 Å². The molecule has 0 spiro atoms. The second-order valence-corrected chi connectivity index (χ2v) is 4.51. The number of urea groups is 1. The highest BCUT2D eigenvalue weighted by Crippen LogP contribution is 2.29. The highest BCUT2D eigenvalue weighted by atomic mass is 35.5. The van der Waals surface area contributed by atoms with Crippen LogP contribution in [0.2, 0.25) is 5.02 Å². The molecule has 2 aliphatic heterocycles. The Balaban J connectivity index is 1.91. The van der Waals surface area contributed by atoms with Crippen LogP contribution in [-0.2, 0) is 4.79 Å². The number of benzene rings is 1. The lowest BCUT2D eigenvalue weighted by molar-refractivity contribution is -0.122. The Morgan fingerprint density at radius 1 is 1.11 bits per heavy atom. The van der Waals surface area contributed by atoms with Crippen LogP contribution in [0.5, 0.6) is 0 Å². The molecule has 0 aromatic heterocycles. The Bertz CT molecular complexity index is 555. The van der Waals surface area contributed by atoms with Crippen molar-refractivity contribution in [1.82, 2.24) is 16.1 Å². The molecular formula is C11H9ClN4O2. The molecule has 0 radical (unpaired) electrons. The molecule has 1 aromatic carbocycles. The van der Waals surface area contributed by atoms with E-state index in [0.717, 1.165) is 5.56 Å². The van der Waals surface area contributed by atoms with E-state index in [1.54, 1.807) is 12.1 Å². The van der Waals surface area contributed by atoms with E-state index < -0.39 is 11.9 Å². The summed E-state index contributed by atoms with van der Waals surface area (Å²) >= 11 is 5.82. The Morgan fingerprint density at radius 2 is 1.83 bits per heavy atom. The van der Waals surface area contributed by atoms with Crippen LogP contribution >= 0.6 is 11.6 Å². The van der Waals surface area contributed by atoms with E-state index in [1.807, 2.05) is 12.1 Å². The number of rotatable bonds is 1. The van der Waals surface area contributed by atoms with Crippen molar-refractivity contribution in [2.24, 2.45) is 11.0 Å². The van der Waals surface area contributed by atoms with E-state index in [4.69, 9.17) is 11.6 Å². The van der Waals surface area contributed by atoms with Crippen molar-refractivity contribution < 1.29 is 9.59 Å². The third-order valence-corrected chi connectivity index (χ3v) is 3.19. The Hall–Kier alpha value is -2.08. The van der Waals surface area contributed by atoms with Crippen molar-refractivity contribution in [3.05, 3.63) is 34.9 Å². The van der Waals surface area contributed by atoms with Gasteiger partial charge in [0.05, 0.1) is 6.04 Å². The van der Waals surface area contributed by atoms with Crippen LogP contribution in [0.3, 0.4) is 0 Å². The van der Waals surface area contributed by atoms with Crippen LogP contribution in [0.4, 0.5) is 4.79 Å². The molecule has 2 atom stereocenters. The molecule has 3 amide bonds. The summed E-state index contributed by atoms with van der Waals surface area (Å²) in [4.78, 5) is 23.0. The van der Waals surface area contributed by atoms with Crippen LogP contribution in [0.25, 0.3) is 0 Å². The topological polar surface area (TPSA) is 82.6 Å². The van der Waals surface area contributed by atoms with E-state index >= 15 is 0 Å². The largest absolute Gasteiger partial charge is 0.326 e. The molecule has 0 aliphatic carbocycles. The summed E-state index contributed by atoms with van der Waals surface area (Å²) in [6.07, 6.45) is 0. The lowest BCUT2D eigenvalue weighted by atomic mass is 9.92. The second kappa shape index (κ2) is 3.99. The third-order valence-electron chi connectivity index (χ3n) is 2.94. The van der Waals surface area contributed by atoms with Gasteiger partial charge in [0.15, 0.2) is 0 Å². The Kier molecular flexibility index (Phi) is 2.45. The predicted octanol–water partition coefficient (Wildman–Crippen LogP) is 0.753. The number of hydrogen-bond acceptors (Lipinski definition) is 4. The van der Waals surface area contributed by atoms with Crippen LogP contribution in [-0.4, -0.2) is 17.8 Å². The Labute approximate surface area is 107 Å². The molecule has 0 bridgehead atoms. The van der Waals surface area contributed by atoms with Crippen molar-refractivity contribution in [3.8, 4) is 0 Å². The monoisotopic (exact) mass is 264 g/mol. The summed E-state index contributed by atoms with van der Waals surface area (Å²) in [5.41, 5.74) is 3.74. The van der Waals surface area contributed by atoms with Crippen molar-refractivity contribution in [3.63, 3.8) is 0 Å². The van der Waals surface area contributed by atoms with Gasteiger partial charge in [-0.2, -0.15) is 5.10 Å². The first kappa shape index (κ1) is 11.0. The van der Waals surface area contributed by atoms with E-state index in [1.165, 1.54) is 0 Å². The van der Waals surface area contributed by atoms with Crippen LogP contribution in [0, 0.1) is 5.92 Å². The lowest BCUT2D eigenvalue weighted by Crippen LogP contribution is -2.55. The fourth-order valence-electron chi connectivity index (χ4n) is 2.10. The van der Waals surface area contributed by atoms with E-state index in [0.29, 0.717) is 10.9 Å². The summed E-state index contributed by atoms with van der Waals surface area (Å²) in [5, 5.41) is 9.34. The quantitative estimate of drug-likeness (QED) is 0.700. The van der Waals surface area contributed by atoms with Gasteiger partial charge in [0, 0.05) is 5.02 Å². The average Bonchev–Trinajstić information content (AvgIpc) is 2.74. The number of fused-ring (bicyclic) bond motifs is 1. The van der Waals surface area contributed by atoms with Gasteiger partial charge in [-0.1, -0.05) is 23.7 Å². The number of carbonyl (C=O) groups is 2. The SMILES string of the molecule is O=C1NC(=O)C2C(=NNC2c2ccc(Cl)cc2)N1. The van der Waals surface area contributed by atoms with Crippen molar-refractivity contribution in [2.75, 3.05) is 0 Å². The van der Waals surface area contributed by atoms with E-state index in [2.05, 4.69) is 21.2 Å². The zero-order valence-electron chi connectivity index (χ0n) is 9.11. The number of nitrogens with one attached hydrogen (secondary N) is 3. The van der Waals surface area contributed by atoms with Crippen LogP contribution in [0.15, 0.2) is 29.4 Å². The van der Waals surface area contributed by atoms with Gasteiger partial charge in [-0.05, 0) is 17.7 Å². The zero-order valence-corrected chi connectivity index (χ0v) is 9.86. The molecule has 2 heterocycles. The maximum atomic E-state index is 11.8. The summed E-state index contributed by atoms with van der Waals surface area (Å²) in [6, 6.07) is 6.29. The molecule has 0 saturated carbocycles. The lowest BCUT2D eigenvalue weighted by Gasteiger charge is -2.23. The molecule has 2 aliphatic rings. The summed E-state index contributed by atoms with van der Waals surface area (Å²) in [6.45, 7) is 0. The van der Waals surface area contributed by atoms with Gasteiger partial charge < -0.3 is 0 Å². The fraction of sp³-hybridized carbons (Fsp3) is 0.182. The van der Waals surface area contributed by atoms with Gasteiger partial charge in [-0.15, -0.1) is 0 Å². The number of hydrazone groups is 1. The molecule has 1 aromatic rings. The molecule has 3 rings (SSSR count). The average molecular weight is 265 g/mol. The first-order valence-corrected chi connectivity index (χ1v) is 5.73. The zero-order chi connectivity index (χ0) is 12.7. The molecular weight excluding hydrogens is 256 g/mol. The van der Waals surface area contributed by atoms with Crippen LogP contribution < -0.4 is 16.1 Å². The van der Waals surface area contributed by atoms with Crippen molar-refractivity contribution in [1.29, 1.82) is 0 Å². The molecule has 6 nitrogen and oxygen atoms in total. The van der Waals surface area contributed by atoms with Gasteiger partial charge in [-0.3, -0.25) is 20.9 Å². The number of amides is 3. The van der Waals surface area contributed by atoms with Gasteiger partial charge >= 0.3 is 6.03 Å². The normalized spacial score (nSPS) is 25.7. The number of carbonyl (C=O) groups excluding carboxylic acids is 2. The third kappa shape index (κ3) is 1.70. The van der Waals surface area contributed by atoms with Crippen molar-refractivity contribution >= 4 is 29.4 Å². The molecule has 2 unspecified atom stereocenters. The molecule has 1 saturated heterocycles. The minimum atomic E-state index is -0.548. The number of imide groups is 1. The number of amidine groups is 1. The molecule has 92 valence electrons. The van der Waals surface area contributed by atoms with E-state index in [-0.39, 0.29) is 11.9 Å². The van der Waals surface area contributed by atoms with Crippen molar-refractivity contribution in [2.45, 2.75) is 6.04 Å².